The number of nitrogens with one attached hydrogen (secondary N) is 1. The highest BCUT2D eigenvalue weighted by Crippen LogP contribution is 2.17. The minimum atomic E-state index is -0.212. The summed E-state index contributed by atoms with van der Waals surface area (Å²) in [4.78, 5) is 25.1. The molecule has 0 atom stereocenters. The Morgan fingerprint density at radius 1 is 1.21 bits per heavy atom. The van der Waals surface area contributed by atoms with E-state index < -0.39 is 0 Å². The molecule has 0 aliphatic carbocycles. The number of hydrogen-bond acceptors (Lipinski definition) is 2. The van der Waals surface area contributed by atoms with Crippen LogP contribution in [0.15, 0.2) is 0 Å². The fourth-order valence-electron chi connectivity index (χ4n) is 2.08. The van der Waals surface area contributed by atoms with Gasteiger partial charge in [0.2, 0.25) is 5.91 Å². The van der Waals surface area contributed by atoms with Crippen molar-refractivity contribution in [3.63, 3.8) is 0 Å². The second-order valence-corrected chi connectivity index (χ2v) is 5.65. The van der Waals surface area contributed by atoms with Gasteiger partial charge in [0.05, 0.1) is 0 Å². The van der Waals surface area contributed by atoms with Gasteiger partial charge in [-0.15, -0.1) is 0 Å². The van der Waals surface area contributed by atoms with Gasteiger partial charge in [0.1, 0.15) is 0 Å². The topological polar surface area (TPSA) is 49.4 Å². The first kappa shape index (κ1) is 15.6. The van der Waals surface area contributed by atoms with Gasteiger partial charge in [0, 0.05) is 32.4 Å². The van der Waals surface area contributed by atoms with E-state index in [0.29, 0.717) is 0 Å². The fraction of sp³-hybridized carbons (Fsp3) is 0.733. The monoisotopic (exact) mass is 266 g/mol. The van der Waals surface area contributed by atoms with E-state index in [1.807, 2.05) is 32.6 Å². The largest absolute Gasteiger partial charge is 0.343 e. The zero-order chi connectivity index (χ0) is 14.4. The third kappa shape index (κ3) is 5.34. The van der Waals surface area contributed by atoms with E-state index in [9.17, 15) is 9.59 Å². The second-order valence-electron chi connectivity index (χ2n) is 5.65. The van der Waals surface area contributed by atoms with Crippen LogP contribution in [-0.2, 0) is 9.59 Å². The molecule has 0 aromatic rings. The average Bonchev–Trinajstić information content (AvgIpc) is 2.35. The molecule has 1 aliphatic heterocycles. The van der Waals surface area contributed by atoms with Crippen LogP contribution >= 0.6 is 0 Å². The lowest BCUT2D eigenvalue weighted by molar-refractivity contribution is -0.135. The molecule has 0 spiro atoms. The maximum absolute atomic E-state index is 11.8. The van der Waals surface area contributed by atoms with Crippen molar-refractivity contribution in [3.8, 4) is 11.8 Å². The molecule has 1 heterocycles. The van der Waals surface area contributed by atoms with Gasteiger partial charge in [0.25, 0.3) is 5.91 Å². The lowest BCUT2D eigenvalue weighted by atomic mass is 9.96. The zero-order valence-electron chi connectivity index (χ0n) is 12.3. The van der Waals surface area contributed by atoms with Crippen LogP contribution in [0.5, 0.6) is 0 Å². The van der Waals surface area contributed by atoms with Gasteiger partial charge in [-0.05, 0) is 32.6 Å². The third-order valence-electron chi connectivity index (χ3n) is 3.11. The van der Waals surface area contributed by atoms with Gasteiger partial charge in [-0.1, -0.05) is 19.8 Å². The van der Waals surface area contributed by atoms with Crippen LogP contribution in [0.4, 0.5) is 0 Å². The third-order valence-corrected chi connectivity index (χ3v) is 3.11. The lowest BCUT2D eigenvalue weighted by Gasteiger charge is -2.31. The van der Waals surface area contributed by atoms with E-state index >= 15 is 0 Å². The van der Waals surface area contributed by atoms with Crippen LogP contribution in [0, 0.1) is 23.7 Å². The van der Waals surface area contributed by atoms with Crippen molar-refractivity contribution in [3.05, 3.63) is 0 Å². The first-order valence-electron chi connectivity index (χ1n) is 7.01. The number of nitrogens with zero attached hydrogens (tertiary/aromatic N) is 1. The van der Waals surface area contributed by atoms with Crippen molar-refractivity contribution < 1.29 is 11.0 Å². The molecule has 1 saturated heterocycles. The van der Waals surface area contributed by atoms with Crippen molar-refractivity contribution in [2.45, 2.75) is 46.6 Å². The molecule has 0 unspecified atom stereocenters. The van der Waals surface area contributed by atoms with Crippen molar-refractivity contribution in [1.82, 2.24) is 10.2 Å². The van der Waals surface area contributed by atoms with Gasteiger partial charge in [-0.3, -0.25) is 9.59 Å². The number of amides is 2. The van der Waals surface area contributed by atoms with E-state index in [-0.39, 0.29) is 31.1 Å². The van der Waals surface area contributed by atoms with Gasteiger partial charge in [0.15, 0.2) is 0 Å². The highest BCUT2D eigenvalue weighted by molar-refractivity contribution is 5.93. The van der Waals surface area contributed by atoms with E-state index in [1.165, 1.54) is 0 Å². The minimum Gasteiger partial charge on any atom is -0.343 e. The molecular weight excluding hydrogens is 240 g/mol. The van der Waals surface area contributed by atoms with Gasteiger partial charge >= 0.3 is 0 Å². The SMILES string of the molecule is CC(C)NC(=O)C#CC1CCN(C(=O)C(C)C)CC1.[HH]. The van der Waals surface area contributed by atoms with Crippen LogP contribution < -0.4 is 5.32 Å². The van der Waals surface area contributed by atoms with Gasteiger partial charge < -0.3 is 10.2 Å². The maximum atomic E-state index is 11.8. The van der Waals surface area contributed by atoms with Crippen LogP contribution in [0.25, 0.3) is 0 Å². The highest BCUT2D eigenvalue weighted by Gasteiger charge is 2.23. The molecule has 4 heteroatoms. The van der Waals surface area contributed by atoms with Crippen molar-refractivity contribution in [1.29, 1.82) is 0 Å². The van der Waals surface area contributed by atoms with E-state index in [1.54, 1.807) is 0 Å². The quantitative estimate of drug-likeness (QED) is 0.773. The maximum Gasteiger partial charge on any atom is 0.296 e. The van der Waals surface area contributed by atoms with Crippen LogP contribution in [0.3, 0.4) is 0 Å². The molecule has 0 aromatic carbocycles. The molecule has 1 aliphatic rings. The van der Waals surface area contributed by atoms with E-state index in [0.717, 1.165) is 25.9 Å². The first-order chi connectivity index (χ1) is 8.90. The molecule has 4 nitrogen and oxygen atoms in total. The number of piperidine rings is 1. The Morgan fingerprint density at radius 2 is 1.79 bits per heavy atom. The number of carbonyl (C=O) groups excluding carboxylic acids is 2. The smallest absolute Gasteiger partial charge is 0.296 e. The molecule has 2 amide bonds. The van der Waals surface area contributed by atoms with Gasteiger partial charge in [-0.2, -0.15) is 0 Å². The lowest BCUT2D eigenvalue weighted by Crippen LogP contribution is -2.40. The molecule has 108 valence electrons. The average molecular weight is 266 g/mol. The predicted molar refractivity (Wildman–Crippen MR) is 77.3 cm³/mol. The Hall–Kier alpha value is -1.50. The molecule has 0 bridgehead atoms. The van der Waals surface area contributed by atoms with Crippen molar-refractivity contribution in [2.75, 3.05) is 13.1 Å². The summed E-state index contributed by atoms with van der Waals surface area (Å²) in [6, 6.07) is 0.118. The molecule has 1 rings (SSSR count). The Bertz CT molecular complexity index is 388. The molecule has 1 fully saturated rings. The summed E-state index contributed by atoms with van der Waals surface area (Å²) in [7, 11) is 0. The summed E-state index contributed by atoms with van der Waals surface area (Å²) >= 11 is 0. The van der Waals surface area contributed by atoms with E-state index in [2.05, 4.69) is 17.2 Å². The number of hydrogen-bond donors (Lipinski definition) is 1. The molecule has 19 heavy (non-hydrogen) atoms. The molecule has 1 N–H and O–H groups in total. The summed E-state index contributed by atoms with van der Waals surface area (Å²) in [6.45, 7) is 9.17. The molecule has 0 radical (unpaired) electrons. The number of carbonyl (C=O) groups is 2. The van der Waals surface area contributed by atoms with Crippen LogP contribution in [0.2, 0.25) is 0 Å². The Labute approximate surface area is 117 Å². The minimum absolute atomic E-state index is 0. The van der Waals surface area contributed by atoms with Crippen molar-refractivity contribution >= 4 is 11.8 Å². The molecule has 0 aromatic heterocycles. The summed E-state index contributed by atoms with van der Waals surface area (Å²) < 4.78 is 0. The predicted octanol–water partition coefficient (Wildman–Crippen LogP) is 1.65. The second kappa shape index (κ2) is 7.18. The summed E-state index contributed by atoms with van der Waals surface area (Å²) in [5, 5.41) is 2.75. The zero-order valence-corrected chi connectivity index (χ0v) is 12.3. The fourth-order valence-corrected chi connectivity index (χ4v) is 2.08. The van der Waals surface area contributed by atoms with Crippen molar-refractivity contribution in [2.24, 2.45) is 11.8 Å². The summed E-state index contributed by atoms with van der Waals surface area (Å²) in [5.41, 5.74) is 0. The number of likely N-dealkylation sites (tertiary alicyclic amines) is 1. The van der Waals surface area contributed by atoms with Crippen LogP contribution in [0.1, 0.15) is 42.0 Å². The standard InChI is InChI=1S/C15H24N2O2.H2/c1-11(2)15(19)17-9-7-13(8-10-17)5-6-14(18)16-12(3)4;/h11-13H,7-10H2,1-4H3,(H,16,18);1H. The summed E-state index contributed by atoms with van der Waals surface area (Å²) in [5.74, 6) is 5.95. The highest BCUT2D eigenvalue weighted by atomic mass is 16.2. The molecular formula is C15H26N2O2. The summed E-state index contributed by atoms with van der Waals surface area (Å²) in [6.07, 6.45) is 1.72. The van der Waals surface area contributed by atoms with E-state index in [4.69, 9.17) is 0 Å². The molecule has 0 saturated carbocycles. The Balaban J connectivity index is 0.00000361. The Morgan fingerprint density at radius 3 is 2.26 bits per heavy atom. The first-order valence-corrected chi connectivity index (χ1v) is 7.01. The van der Waals surface area contributed by atoms with Gasteiger partial charge in [-0.25, -0.2) is 0 Å². The Kier molecular flexibility index (Phi) is 5.88. The van der Waals surface area contributed by atoms with Crippen LogP contribution in [-0.4, -0.2) is 35.8 Å². The normalized spacial score (nSPS) is 16.2. The number of rotatable bonds is 2.